The fraction of sp³-hybridized carbons (Fsp3) is 0.176. The first-order valence-electron chi connectivity index (χ1n) is 7.31. The SMILES string of the molecule is CCOc1ccccc1-c1noc(CNc2ccccc2I)n1. The van der Waals surface area contributed by atoms with E-state index < -0.39 is 0 Å². The Balaban J connectivity index is 1.75. The summed E-state index contributed by atoms with van der Waals surface area (Å²) in [5.41, 5.74) is 1.88. The largest absolute Gasteiger partial charge is 0.493 e. The molecule has 0 aliphatic carbocycles. The average Bonchev–Trinajstić information content (AvgIpc) is 3.04. The summed E-state index contributed by atoms with van der Waals surface area (Å²) in [7, 11) is 0. The second-order valence-corrected chi connectivity index (χ2v) is 5.94. The van der Waals surface area contributed by atoms with Crippen molar-refractivity contribution < 1.29 is 9.26 Å². The van der Waals surface area contributed by atoms with Gasteiger partial charge in [0.05, 0.1) is 18.7 Å². The summed E-state index contributed by atoms with van der Waals surface area (Å²) < 4.78 is 12.1. The third kappa shape index (κ3) is 3.82. The molecule has 1 N–H and O–H groups in total. The number of hydrogen-bond acceptors (Lipinski definition) is 5. The maximum absolute atomic E-state index is 5.61. The standard InChI is InChI=1S/C17H16IN3O2/c1-2-22-15-10-6-3-7-12(15)17-20-16(23-21-17)11-19-14-9-5-4-8-13(14)18/h3-10,19H,2,11H2,1H3. The molecule has 0 amide bonds. The molecule has 0 aliphatic heterocycles. The van der Waals surface area contributed by atoms with Crippen LogP contribution in [0.2, 0.25) is 0 Å². The third-order valence-electron chi connectivity index (χ3n) is 3.20. The fourth-order valence-electron chi connectivity index (χ4n) is 2.14. The lowest BCUT2D eigenvalue weighted by atomic mass is 10.2. The van der Waals surface area contributed by atoms with Crippen molar-refractivity contribution in [1.82, 2.24) is 10.1 Å². The summed E-state index contributed by atoms with van der Waals surface area (Å²) in [6, 6.07) is 15.7. The van der Waals surface area contributed by atoms with Crippen LogP contribution < -0.4 is 10.1 Å². The summed E-state index contributed by atoms with van der Waals surface area (Å²) in [5, 5.41) is 7.35. The van der Waals surface area contributed by atoms with Crippen LogP contribution in [0.5, 0.6) is 5.75 Å². The first kappa shape index (κ1) is 15.8. The zero-order valence-electron chi connectivity index (χ0n) is 12.6. The molecular formula is C17H16IN3O2. The number of halogens is 1. The van der Waals surface area contributed by atoms with Crippen LogP contribution in [0, 0.1) is 3.57 Å². The maximum Gasteiger partial charge on any atom is 0.246 e. The third-order valence-corrected chi connectivity index (χ3v) is 4.14. The molecule has 6 heteroatoms. The lowest BCUT2D eigenvalue weighted by molar-refractivity contribution is 0.341. The second-order valence-electron chi connectivity index (χ2n) is 4.77. The molecule has 0 unspecified atom stereocenters. The van der Waals surface area contributed by atoms with Gasteiger partial charge in [0.25, 0.3) is 0 Å². The Morgan fingerprint density at radius 1 is 1.13 bits per heavy atom. The van der Waals surface area contributed by atoms with Crippen LogP contribution in [0.4, 0.5) is 5.69 Å². The van der Waals surface area contributed by atoms with E-state index in [1.54, 1.807) is 0 Å². The summed E-state index contributed by atoms with van der Waals surface area (Å²) in [5.74, 6) is 1.83. The molecule has 1 heterocycles. The predicted molar refractivity (Wildman–Crippen MR) is 97.4 cm³/mol. The van der Waals surface area contributed by atoms with Crippen molar-refractivity contribution in [3.63, 3.8) is 0 Å². The Morgan fingerprint density at radius 3 is 2.74 bits per heavy atom. The highest BCUT2D eigenvalue weighted by molar-refractivity contribution is 14.1. The van der Waals surface area contributed by atoms with Gasteiger partial charge in [0.15, 0.2) is 0 Å². The van der Waals surface area contributed by atoms with Gasteiger partial charge in [-0.2, -0.15) is 4.98 Å². The maximum atomic E-state index is 5.61. The van der Waals surface area contributed by atoms with Crippen LogP contribution in [0.25, 0.3) is 11.4 Å². The Bertz CT molecular complexity index is 789. The number of aromatic nitrogens is 2. The first-order chi connectivity index (χ1) is 11.3. The summed E-state index contributed by atoms with van der Waals surface area (Å²) in [6.07, 6.45) is 0. The van der Waals surface area contributed by atoms with E-state index in [0.717, 1.165) is 20.6 Å². The zero-order chi connectivity index (χ0) is 16.1. The molecular weight excluding hydrogens is 405 g/mol. The van der Waals surface area contributed by atoms with Crippen LogP contribution >= 0.6 is 22.6 Å². The van der Waals surface area contributed by atoms with Gasteiger partial charge in [-0.1, -0.05) is 29.4 Å². The van der Waals surface area contributed by atoms with Crippen molar-refractivity contribution in [1.29, 1.82) is 0 Å². The van der Waals surface area contributed by atoms with E-state index >= 15 is 0 Å². The number of nitrogens with one attached hydrogen (secondary N) is 1. The molecule has 0 bridgehead atoms. The Morgan fingerprint density at radius 2 is 1.91 bits per heavy atom. The van der Waals surface area contributed by atoms with Crippen LogP contribution in [0.15, 0.2) is 53.1 Å². The fourth-order valence-corrected chi connectivity index (χ4v) is 2.72. The molecule has 0 radical (unpaired) electrons. The van der Waals surface area contributed by atoms with E-state index in [4.69, 9.17) is 9.26 Å². The van der Waals surface area contributed by atoms with Crippen LogP contribution in [0.1, 0.15) is 12.8 Å². The molecule has 0 aliphatic rings. The van der Waals surface area contributed by atoms with Gasteiger partial charge >= 0.3 is 0 Å². The van der Waals surface area contributed by atoms with E-state index in [2.05, 4.69) is 38.0 Å². The number of ether oxygens (including phenoxy) is 1. The number of para-hydroxylation sites is 2. The molecule has 3 aromatic rings. The topological polar surface area (TPSA) is 60.2 Å². The molecule has 23 heavy (non-hydrogen) atoms. The summed E-state index contributed by atoms with van der Waals surface area (Å²) in [4.78, 5) is 4.45. The van der Waals surface area contributed by atoms with E-state index in [0.29, 0.717) is 24.9 Å². The van der Waals surface area contributed by atoms with Gasteiger partial charge in [0.2, 0.25) is 11.7 Å². The van der Waals surface area contributed by atoms with Crippen molar-refractivity contribution in [2.45, 2.75) is 13.5 Å². The van der Waals surface area contributed by atoms with Gasteiger partial charge < -0.3 is 14.6 Å². The van der Waals surface area contributed by atoms with Gasteiger partial charge in [-0.25, -0.2) is 0 Å². The van der Waals surface area contributed by atoms with Crippen molar-refractivity contribution in [3.8, 4) is 17.1 Å². The zero-order valence-corrected chi connectivity index (χ0v) is 14.8. The number of anilines is 1. The molecule has 1 aromatic heterocycles. The number of benzene rings is 2. The molecule has 0 saturated heterocycles. The molecule has 0 fully saturated rings. The molecule has 0 atom stereocenters. The highest BCUT2D eigenvalue weighted by Gasteiger charge is 2.13. The molecule has 118 valence electrons. The minimum Gasteiger partial charge on any atom is -0.493 e. The van der Waals surface area contributed by atoms with Crippen LogP contribution in [0.3, 0.4) is 0 Å². The summed E-state index contributed by atoms with van der Waals surface area (Å²) >= 11 is 2.29. The van der Waals surface area contributed by atoms with Gasteiger partial charge in [0.1, 0.15) is 5.75 Å². The van der Waals surface area contributed by atoms with Crippen molar-refractivity contribution in [3.05, 3.63) is 58.0 Å². The molecule has 3 rings (SSSR count). The highest BCUT2D eigenvalue weighted by atomic mass is 127. The lowest BCUT2D eigenvalue weighted by Gasteiger charge is -2.06. The molecule has 5 nitrogen and oxygen atoms in total. The lowest BCUT2D eigenvalue weighted by Crippen LogP contribution is -2.01. The van der Waals surface area contributed by atoms with Gasteiger partial charge in [-0.15, -0.1) is 0 Å². The number of hydrogen-bond donors (Lipinski definition) is 1. The van der Waals surface area contributed by atoms with Crippen LogP contribution in [-0.4, -0.2) is 16.7 Å². The van der Waals surface area contributed by atoms with Crippen molar-refractivity contribution in [2.75, 3.05) is 11.9 Å². The second kappa shape index (κ2) is 7.45. The Labute approximate surface area is 148 Å². The molecule has 2 aromatic carbocycles. The van der Waals surface area contributed by atoms with E-state index in [1.807, 2.05) is 55.5 Å². The Kier molecular flexibility index (Phi) is 5.12. The minimum absolute atomic E-state index is 0.476. The van der Waals surface area contributed by atoms with Gasteiger partial charge in [-0.05, 0) is 53.8 Å². The van der Waals surface area contributed by atoms with Crippen LogP contribution in [-0.2, 0) is 6.54 Å². The van der Waals surface area contributed by atoms with E-state index in [1.165, 1.54) is 0 Å². The average molecular weight is 421 g/mol. The van der Waals surface area contributed by atoms with Crippen molar-refractivity contribution >= 4 is 28.3 Å². The smallest absolute Gasteiger partial charge is 0.246 e. The van der Waals surface area contributed by atoms with Gasteiger partial charge in [0, 0.05) is 9.26 Å². The number of nitrogens with zero attached hydrogens (tertiary/aromatic N) is 2. The normalized spacial score (nSPS) is 10.5. The highest BCUT2D eigenvalue weighted by Crippen LogP contribution is 2.27. The van der Waals surface area contributed by atoms with Crippen molar-refractivity contribution in [2.24, 2.45) is 0 Å². The molecule has 0 saturated carbocycles. The van der Waals surface area contributed by atoms with E-state index in [-0.39, 0.29) is 0 Å². The van der Waals surface area contributed by atoms with Gasteiger partial charge in [-0.3, -0.25) is 0 Å². The molecule has 0 spiro atoms. The van der Waals surface area contributed by atoms with E-state index in [9.17, 15) is 0 Å². The summed E-state index contributed by atoms with van der Waals surface area (Å²) in [6.45, 7) is 3.02. The Hall–Kier alpha value is -2.09. The number of rotatable bonds is 6. The quantitative estimate of drug-likeness (QED) is 0.600. The predicted octanol–water partition coefficient (Wildman–Crippen LogP) is 4.35. The minimum atomic E-state index is 0.476. The first-order valence-corrected chi connectivity index (χ1v) is 8.39. The monoisotopic (exact) mass is 421 g/mol.